The largest absolute Gasteiger partial charge is 0.467 e. The van der Waals surface area contributed by atoms with Crippen molar-refractivity contribution in [3.8, 4) is 0 Å². The predicted octanol–water partition coefficient (Wildman–Crippen LogP) is 2.96. The number of hydrogen-bond acceptors (Lipinski definition) is 3. The van der Waals surface area contributed by atoms with Gasteiger partial charge in [-0.15, -0.1) is 0 Å². The predicted molar refractivity (Wildman–Crippen MR) is 69.6 cm³/mol. The fourth-order valence-electron chi connectivity index (χ4n) is 1.80. The molecule has 1 aromatic rings. The van der Waals surface area contributed by atoms with Gasteiger partial charge in [0.25, 0.3) is 0 Å². The zero-order valence-electron chi connectivity index (χ0n) is 8.74. The Bertz CT molecular complexity index is 402. The van der Waals surface area contributed by atoms with Gasteiger partial charge in [-0.05, 0) is 50.4 Å². The summed E-state index contributed by atoms with van der Waals surface area (Å²) in [5, 5.41) is 0. The summed E-state index contributed by atoms with van der Waals surface area (Å²) in [6, 6.07) is 5.73. The number of anilines is 1. The first-order valence-electron chi connectivity index (χ1n) is 4.93. The van der Waals surface area contributed by atoms with E-state index in [-0.39, 0.29) is 12.0 Å². The molecule has 1 heterocycles. The summed E-state index contributed by atoms with van der Waals surface area (Å²) in [6.07, 6.45) is 0.848. The Morgan fingerprint density at radius 1 is 1.44 bits per heavy atom. The van der Waals surface area contributed by atoms with E-state index in [0.29, 0.717) is 0 Å². The van der Waals surface area contributed by atoms with Gasteiger partial charge in [0.2, 0.25) is 0 Å². The molecule has 0 saturated carbocycles. The minimum Gasteiger partial charge on any atom is -0.467 e. The maximum atomic E-state index is 11.5. The Labute approximate surface area is 111 Å². The number of halogens is 2. The first kappa shape index (κ1) is 11.9. The van der Waals surface area contributed by atoms with Gasteiger partial charge in [-0.2, -0.15) is 0 Å². The van der Waals surface area contributed by atoms with E-state index in [9.17, 15) is 4.79 Å². The lowest BCUT2D eigenvalue weighted by Gasteiger charge is -2.41. The Hall–Kier alpha value is -0.550. The molecule has 5 heteroatoms. The van der Waals surface area contributed by atoms with Crippen molar-refractivity contribution in [2.45, 2.75) is 12.5 Å². The number of esters is 1. The van der Waals surface area contributed by atoms with Crippen molar-refractivity contribution in [3.05, 3.63) is 27.1 Å². The van der Waals surface area contributed by atoms with E-state index in [1.807, 2.05) is 23.1 Å². The molecule has 0 aromatic heterocycles. The highest BCUT2D eigenvalue weighted by atomic mass is 79.9. The van der Waals surface area contributed by atoms with Crippen LogP contribution in [0.15, 0.2) is 27.1 Å². The number of benzene rings is 1. The Balaban J connectivity index is 2.28. The third-order valence-electron chi connectivity index (χ3n) is 2.72. The molecule has 1 aliphatic heterocycles. The number of carbonyl (C=O) groups is 1. The third-order valence-corrected chi connectivity index (χ3v) is 4.00. The van der Waals surface area contributed by atoms with E-state index in [0.717, 1.165) is 27.6 Å². The van der Waals surface area contributed by atoms with Crippen molar-refractivity contribution in [3.63, 3.8) is 0 Å². The van der Waals surface area contributed by atoms with Gasteiger partial charge in [-0.25, -0.2) is 4.79 Å². The molecule has 2 rings (SSSR count). The lowest BCUT2D eigenvalue weighted by molar-refractivity contribution is -0.143. The quantitative estimate of drug-likeness (QED) is 0.769. The van der Waals surface area contributed by atoms with Crippen molar-refractivity contribution in [2.75, 3.05) is 18.6 Å². The minimum atomic E-state index is -0.172. The monoisotopic (exact) mass is 347 g/mol. The summed E-state index contributed by atoms with van der Waals surface area (Å²) in [4.78, 5) is 13.5. The molecule has 0 aliphatic carbocycles. The van der Waals surface area contributed by atoms with Crippen LogP contribution in [0.5, 0.6) is 0 Å². The molecule has 1 atom stereocenters. The van der Waals surface area contributed by atoms with E-state index >= 15 is 0 Å². The van der Waals surface area contributed by atoms with Gasteiger partial charge in [-0.1, -0.05) is 6.07 Å². The van der Waals surface area contributed by atoms with Crippen LogP contribution in [0, 0.1) is 0 Å². The lowest BCUT2D eigenvalue weighted by atomic mass is 10.0. The van der Waals surface area contributed by atoms with Crippen molar-refractivity contribution in [1.82, 2.24) is 0 Å². The maximum absolute atomic E-state index is 11.5. The number of rotatable bonds is 2. The molecule has 1 aromatic carbocycles. The van der Waals surface area contributed by atoms with Crippen LogP contribution in [-0.4, -0.2) is 25.7 Å². The number of nitrogens with zero attached hydrogens (tertiary/aromatic N) is 1. The number of ether oxygens (including phenoxy) is 1. The SMILES string of the molecule is COC(=O)C1CCN1c1c(Br)cccc1Br. The molecule has 1 fully saturated rings. The maximum Gasteiger partial charge on any atom is 0.328 e. The zero-order valence-corrected chi connectivity index (χ0v) is 11.9. The highest BCUT2D eigenvalue weighted by molar-refractivity contribution is 9.11. The molecule has 0 N–H and O–H groups in total. The summed E-state index contributed by atoms with van der Waals surface area (Å²) in [6.45, 7) is 0.876. The zero-order chi connectivity index (χ0) is 11.7. The smallest absolute Gasteiger partial charge is 0.328 e. The van der Waals surface area contributed by atoms with Gasteiger partial charge in [0.05, 0.1) is 12.8 Å². The minimum absolute atomic E-state index is 0.153. The van der Waals surface area contributed by atoms with Crippen LogP contribution in [-0.2, 0) is 9.53 Å². The second-order valence-corrected chi connectivity index (χ2v) is 5.30. The topological polar surface area (TPSA) is 29.5 Å². The second-order valence-electron chi connectivity index (χ2n) is 3.59. The highest BCUT2D eigenvalue weighted by Crippen LogP contribution is 2.39. The lowest BCUT2D eigenvalue weighted by Crippen LogP contribution is -2.53. The highest BCUT2D eigenvalue weighted by Gasteiger charge is 2.36. The van der Waals surface area contributed by atoms with E-state index in [1.165, 1.54) is 7.11 Å². The molecule has 3 nitrogen and oxygen atoms in total. The summed E-state index contributed by atoms with van der Waals surface area (Å²) in [5.41, 5.74) is 1.02. The Morgan fingerprint density at radius 2 is 2.06 bits per heavy atom. The molecule has 0 amide bonds. The van der Waals surface area contributed by atoms with Crippen LogP contribution in [0.1, 0.15) is 6.42 Å². The van der Waals surface area contributed by atoms with Crippen LogP contribution in [0.3, 0.4) is 0 Å². The van der Waals surface area contributed by atoms with Crippen molar-refractivity contribution >= 4 is 43.5 Å². The van der Waals surface area contributed by atoms with Crippen molar-refractivity contribution < 1.29 is 9.53 Å². The molecule has 16 heavy (non-hydrogen) atoms. The first-order valence-corrected chi connectivity index (χ1v) is 6.52. The van der Waals surface area contributed by atoms with E-state index in [4.69, 9.17) is 4.74 Å². The van der Waals surface area contributed by atoms with Crippen LogP contribution in [0.2, 0.25) is 0 Å². The average Bonchev–Trinajstić information content (AvgIpc) is 2.21. The summed E-state index contributed by atoms with van der Waals surface area (Å²) in [5.74, 6) is -0.172. The normalized spacial score (nSPS) is 19.2. The second kappa shape index (κ2) is 4.75. The molecular weight excluding hydrogens is 338 g/mol. The van der Waals surface area contributed by atoms with Crippen molar-refractivity contribution in [1.29, 1.82) is 0 Å². The molecule has 0 radical (unpaired) electrons. The van der Waals surface area contributed by atoms with Crippen LogP contribution < -0.4 is 4.90 Å². The van der Waals surface area contributed by atoms with Gasteiger partial charge >= 0.3 is 5.97 Å². The molecule has 0 spiro atoms. The summed E-state index contributed by atoms with van der Waals surface area (Å²) in [7, 11) is 1.42. The summed E-state index contributed by atoms with van der Waals surface area (Å²) < 4.78 is 6.74. The third kappa shape index (κ3) is 1.98. The van der Waals surface area contributed by atoms with Crippen LogP contribution >= 0.6 is 31.9 Å². The Morgan fingerprint density at radius 3 is 2.50 bits per heavy atom. The number of carbonyl (C=O) groups excluding carboxylic acids is 1. The molecule has 1 unspecified atom stereocenters. The first-order chi connectivity index (χ1) is 7.65. The van der Waals surface area contributed by atoms with Crippen LogP contribution in [0.4, 0.5) is 5.69 Å². The number of para-hydroxylation sites is 1. The molecule has 1 saturated heterocycles. The standard InChI is InChI=1S/C11H11Br2NO2/c1-16-11(15)9-5-6-14(9)10-7(12)3-2-4-8(10)13/h2-4,9H,5-6H2,1H3. The number of methoxy groups -OCH3 is 1. The van der Waals surface area contributed by atoms with Gasteiger partial charge in [0, 0.05) is 15.5 Å². The van der Waals surface area contributed by atoms with Crippen molar-refractivity contribution in [2.24, 2.45) is 0 Å². The fraction of sp³-hybridized carbons (Fsp3) is 0.364. The molecule has 86 valence electrons. The molecule has 1 aliphatic rings. The van der Waals surface area contributed by atoms with E-state index in [1.54, 1.807) is 0 Å². The average molecular weight is 349 g/mol. The van der Waals surface area contributed by atoms with Crippen LogP contribution in [0.25, 0.3) is 0 Å². The summed E-state index contributed by atoms with van der Waals surface area (Å²) >= 11 is 6.99. The fourth-order valence-corrected chi connectivity index (χ4v) is 3.25. The number of hydrogen-bond donors (Lipinski definition) is 0. The van der Waals surface area contributed by atoms with E-state index in [2.05, 4.69) is 31.9 Å². The Kier molecular flexibility index (Phi) is 3.54. The van der Waals surface area contributed by atoms with Gasteiger partial charge in [0.1, 0.15) is 6.04 Å². The van der Waals surface area contributed by atoms with Gasteiger partial charge in [-0.3, -0.25) is 0 Å². The van der Waals surface area contributed by atoms with Gasteiger partial charge < -0.3 is 9.64 Å². The van der Waals surface area contributed by atoms with E-state index < -0.39 is 0 Å². The van der Waals surface area contributed by atoms with Gasteiger partial charge in [0.15, 0.2) is 0 Å². The molecular formula is C11H11Br2NO2. The molecule has 0 bridgehead atoms.